The minimum Gasteiger partial charge on any atom is -0.335 e. The van der Waals surface area contributed by atoms with Crippen molar-refractivity contribution in [3.8, 4) is 0 Å². The molecular formula is C15H23N3O3S2. The lowest BCUT2D eigenvalue weighted by Crippen LogP contribution is -2.52. The first kappa shape index (κ1) is 16.9. The SMILES string of the molecule is CN(C)S(=O)(=O)N1CCN(C(=O)c2cc3c(s2)CCCC3)CC1. The van der Waals surface area contributed by atoms with E-state index in [1.165, 1.54) is 46.0 Å². The fraction of sp³-hybridized carbons (Fsp3) is 0.667. The van der Waals surface area contributed by atoms with Gasteiger partial charge < -0.3 is 4.90 Å². The van der Waals surface area contributed by atoms with Gasteiger partial charge in [-0.05, 0) is 37.3 Å². The summed E-state index contributed by atoms with van der Waals surface area (Å²) < 4.78 is 26.9. The highest BCUT2D eigenvalue weighted by Crippen LogP contribution is 2.30. The molecule has 128 valence electrons. The minimum atomic E-state index is -3.38. The Balaban J connectivity index is 1.66. The summed E-state index contributed by atoms with van der Waals surface area (Å²) in [5.74, 6) is 0.0475. The first-order valence-electron chi connectivity index (χ1n) is 7.98. The highest BCUT2D eigenvalue weighted by molar-refractivity contribution is 7.86. The second kappa shape index (κ2) is 6.51. The number of carbonyl (C=O) groups excluding carboxylic acids is 1. The molecule has 6 nitrogen and oxygen atoms in total. The smallest absolute Gasteiger partial charge is 0.281 e. The maximum Gasteiger partial charge on any atom is 0.281 e. The molecule has 0 atom stereocenters. The Morgan fingerprint density at radius 1 is 1.13 bits per heavy atom. The molecule has 0 aromatic carbocycles. The molecule has 0 unspecified atom stereocenters. The van der Waals surface area contributed by atoms with Crippen LogP contribution in [0.1, 0.15) is 33.0 Å². The van der Waals surface area contributed by atoms with Crippen molar-refractivity contribution in [2.75, 3.05) is 40.3 Å². The molecule has 1 amide bonds. The average molecular weight is 358 g/mol. The van der Waals surface area contributed by atoms with Crippen LogP contribution in [0.5, 0.6) is 0 Å². The van der Waals surface area contributed by atoms with Crippen molar-refractivity contribution in [2.24, 2.45) is 0 Å². The Morgan fingerprint density at radius 3 is 2.39 bits per heavy atom. The molecule has 0 bridgehead atoms. The molecule has 1 aromatic heterocycles. The van der Waals surface area contributed by atoms with E-state index in [2.05, 4.69) is 0 Å². The third-order valence-electron chi connectivity index (χ3n) is 4.52. The quantitative estimate of drug-likeness (QED) is 0.816. The van der Waals surface area contributed by atoms with Crippen LogP contribution in [0.4, 0.5) is 0 Å². The number of rotatable bonds is 3. The van der Waals surface area contributed by atoms with Crippen LogP contribution in [-0.2, 0) is 23.1 Å². The van der Waals surface area contributed by atoms with Crippen LogP contribution in [-0.4, -0.2) is 68.1 Å². The van der Waals surface area contributed by atoms with Crippen molar-refractivity contribution >= 4 is 27.5 Å². The summed E-state index contributed by atoms with van der Waals surface area (Å²) in [7, 11) is -0.323. The lowest BCUT2D eigenvalue weighted by Gasteiger charge is -2.34. The lowest BCUT2D eigenvalue weighted by molar-refractivity contribution is 0.0700. The number of amides is 1. The van der Waals surface area contributed by atoms with E-state index in [-0.39, 0.29) is 5.91 Å². The minimum absolute atomic E-state index is 0.0475. The maximum absolute atomic E-state index is 12.7. The number of carbonyl (C=O) groups is 1. The summed E-state index contributed by atoms with van der Waals surface area (Å²) >= 11 is 1.62. The van der Waals surface area contributed by atoms with Crippen LogP contribution >= 0.6 is 11.3 Å². The van der Waals surface area contributed by atoms with E-state index in [1.807, 2.05) is 6.07 Å². The highest BCUT2D eigenvalue weighted by Gasteiger charge is 2.31. The molecule has 3 rings (SSSR count). The summed E-state index contributed by atoms with van der Waals surface area (Å²) in [5.41, 5.74) is 1.33. The summed E-state index contributed by atoms with van der Waals surface area (Å²) in [6.45, 7) is 1.62. The molecule has 2 aliphatic rings. The fourth-order valence-electron chi connectivity index (χ4n) is 3.10. The molecule has 1 saturated heterocycles. The van der Waals surface area contributed by atoms with Crippen molar-refractivity contribution in [2.45, 2.75) is 25.7 Å². The zero-order chi connectivity index (χ0) is 16.6. The maximum atomic E-state index is 12.7. The first-order chi connectivity index (χ1) is 10.9. The number of hydrogen-bond donors (Lipinski definition) is 0. The second-order valence-electron chi connectivity index (χ2n) is 6.25. The predicted molar refractivity (Wildman–Crippen MR) is 91.0 cm³/mol. The Hall–Kier alpha value is -0.960. The van der Waals surface area contributed by atoms with Gasteiger partial charge in [-0.3, -0.25) is 4.79 Å². The van der Waals surface area contributed by atoms with Crippen LogP contribution in [0.2, 0.25) is 0 Å². The van der Waals surface area contributed by atoms with Crippen molar-refractivity contribution in [1.29, 1.82) is 0 Å². The standard InChI is InChI=1S/C15H23N3O3S2/c1-16(2)23(20,21)18-9-7-17(8-10-18)15(19)14-11-12-5-3-4-6-13(12)22-14/h11H,3-10H2,1-2H3. The number of aryl methyl sites for hydroxylation is 2. The number of nitrogens with zero attached hydrogens (tertiary/aromatic N) is 3. The van der Waals surface area contributed by atoms with Crippen molar-refractivity contribution < 1.29 is 13.2 Å². The molecule has 0 spiro atoms. The van der Waals surface area contributed by atoms with Crippen molar-refractivity contribution in [1.82, 2.24) is 13.5 Å². The number of hydrogen-bond acceptors (Lipinski definition) is 4. The van der Waals surface area contributed by atoms with Crippen molar-refractivity contribution in [3.05, 3.63) is 21.4 Å². The predicted octanol–water partition coefficient (Wildman–Crippen LogP) is 1.19. The van der Waals surface area contributed by atoms with Crippen LogP contribution in [0, 0.1) is 0 Å². The van der Waals surface area contributed by atoms with Crippen LogP contribution < -0.4 is 0 Å². The van der Waals surface area contributed by atoms with Gasteiger partial charge in [0.1, 0.15) is 0 Å². The Bertz CT molecular complexity index is 665. The topological polar surface area (TPSA) is 60.9 Å². The summed E-state index contributed by atoms with van der Waals surface area (Å²) in [6.07, 6.45) is 4.58. The first-order valence-corrected chi connectivity index (χ1v) is 10.2. The second-order valence-corrected chi connectivity index (χ2v) is 9.53. The van der Waals surface area contributed by atoms with E-state index in [0.29, 0.717) is 26.2 Å². The van der Waals surface area contributed by atoms with E-state index in [1.54, 1.807) is 16.2 Å². The molecule has 0 N–H and O–H groups in total. The molecule has 23 heavy (non-hydrogen) atoms. The van der Waals surface area contributed by atoms with Crippen LogP contribution in [0.3, 0.4) is 0 Å². The highest BCUT2D eigenvalue weighted by atomic mass is 32.2. The molecule has 1 aliphatic carbocycles. The third kappa shape index (κ3) is 3.31. The van der Waals surface area contributed by atoms with Gasteiger partial charge in [-0.15, -0.1) is 11.3 Å². The largest absolute Gasteiger partial charge is 0.335 e. The Labute approximate surface area is 141 Å². The van der Waals surface area contributed by atoms with Crippen molar-refractivity contribution in [3.63, 3.8) is 0 Å². The lowest BCUT2D eigenvalue weighted by atomic mass is 9.99. The van der Waals surface area contributed by atoms with Gasteiger partial charge in [0.2, 0.25) is 0 Å². The summed E-state index contributed by atoms with van der Waals surface area (Å²) in [6, 6.07) is 2.05. The van der Waals surface area contributed by atoms with E-state index < -0.39 is 10.2 Å². The third-order valence-corrected chi connectivity index (χ3v) is 7.69. The fourth-order valence-corrected chi connectivity index (χ4v) is 5.41. The average Bonchev–Trinajstić information content (AvgIpc) is 2.98. The van der Waals surface area contributed by atoms with E-state index in [9.17, 15) is 13.2 Å². The zero-order valence-corrected chi connectivity index (χ0v) is 15.3. The van der Waals surface area contributed by atoms with E-state index in [0.717, 1.165) is 17.7 Å². The normalized spacial score (nSPS) is 19.9. The van der Waals surface area contributed by atoms with Gasteiger partial charge >= 0.3 is 0 Å². The summed E-state index contributed by atoms with van der Waals surface area (Å²) in [4.78, 5) is 16.6. The van der Waals surface area contributed by atoms with Crippen LogP contribution in [0.15, 0.2) is 6.07 Å². The molecular weight excluding hydrogens is 334 g/mol. The van der Waals surface area contributed by atoms with Gasteiger partial charge in [0.15, 0.2) is 0 Å². The van der Waals surface area contributed by atoms with E-state index in [4.69, 9.17) is 0 Å². The number of piperazine rings is 1. The van der Waals surface area contributed by atoms with Crippen LogP contribution in [0.25, 0.3) is 0 Å². The monoisotopic (exact) mass is 357 g/mol. The van der Waals surface area contributed by atoms with Gasteiger partial charge in [-0.2, -0.15) is 17.0 Å². The molecule has 1 aliphatic heterocycles. The van der Waals surface area contributed by atoms with Gasteiger partial charge in [0.05, 0.1) is 4.88 Å². The molecule has 0 radical (unpaired) electrons. The summed E-state index contributed by atoms with van der Waals surface area (Å²) in [5, 5.41) is 0. The number of fused-ring (bicyclic) bond motifs is 1. The van der Waals surface area contributed by atoms with Gasteiger partial charge in [0.25, 0.3) is 16.1 Å². The van der Waals surface area contributed by atoms with E-state index >= 15 is 0 Å². The molecule has 1 fully saturated rings. The zero-order valence-electron chi connectivity index (χ0n) is 13.6. The molecule has 1 aromatic rings. The van der Waals surface area contributed by atoms with Gasteiger partial charge in [-0.1, -0.05) is 0 Å². The molecule has 2 heterocycles. The van der Waals surface area contributed by atoms with Gasteiger partial charge in [-0.25, -0.2) is 0 Å². The van der Waals surface area contributed by atoms with Gasteiger partial charge in [0, 0.05) is 45.2 Å². The molecule has 8 heteroatoms. The Kier molecular flexibility index (Phi) is 4.78. The molecule has 0 saturated carbocycles. The Morgan fingerprint density at radius 2 is 1.78 bits per heavy atom. The number of thiophene rings is 1.